The van der Waals surface area contributed by atoms with Gasteiger partial charge in [0.1, 0.15) is 17.4 Å². The van der Waals surface area contributed by atoms with Crippen LogP contribution in [0.1, 0.15) is 44.1 Å². The molecule has 8 heteroatoms. The average Bonchev–Trinajstić information content (AvgIpc) is 2.88. The number of hydrogen-bond acceptors (Lipinski definition) is 4. The molecule has 0 saturated heterocycles. The minimum Gasteiger partial charge on any atom is -0.506 e. The van der Waals surface area contributed by atoms with Gasteiger partial charge in [-0.1, -0.05) is 54.1 Å². The number of phenols is 2. The van der Waals surface area contributed by atoms with Gasteiger partial charge in [0.2, 0.25) is 0 Å². The third-order valence-corrected chi connectivity index (χ3v) is 6.69. The van der Waals surface area contributed by atoms with Gasteiger partial charge in [-0.05, 0) is 78.4 Å². The van der Waals surface area contributed by atoms with Crippen molar-refractivity contribution in [2.24, 2.45) is 0 Å². The van der Waals surface area contributed by atoms with E-state index in [1.54, 1.807) is 24.3 Å². The first-order valence-electron chi connectivity index (χ1n) is 12.3. The number of phenolic OH excluding ortho intramolecular Hbond substituents is 2. The Balaban J connectivity index is 1.68. The average molecular weight is 535 g/mol. The molecule has 1 atom stereocenters. The van der Waals surface area contributed by atoms with Gasteiger partial charge in [-0.25, -0.2) is 0 Å². The number of carbonyl (C=O) groups excluding carboxylic acids is 1. The Labute approximate surface area is 225 Å². The van der Waals surface area contributed by atoms with Crippen molar-refractivity contribution >= 4 is 17.3 Å². The third kappa shape index (κ3) is 5.85. The van der Waals surface area contributed by atoms with Crippen LogP contribution in [-0.4, -0.2) is 29.3 Å². The second-order valence-corrected chi connectivity index (χ2v) is 9.59. The van der Waals surface area contributed by atoms with E-state index < -0.39 is 18.0 Å². The number of alkyl halides is 3. The molecule has 4 rings (SSSR count). The van der Waals surface area contributed by atoms with Crippen molar-refractivity contribution < 1.29 is 28.2 Å². The van der Waals surface area contributed by atoms with Crippen LogP contribution in [0.15, 0.2) is 72.8 Å². The smallest absolute Gasteiger partial charge is 0.399 e. The topological polar surface area (TPSA) is 81.6 Å². The molecule has 0 aliphatic rings. The summed E-state index contributed by atoms with van der Waals surface area (Å²) >= 11 is 0. The lowest BCUT2D eigenvalue weighted by Gasteiger charge is -2.24. The molecule has 0 radical (unpaired) electrons. The Bertz CT molecular complexity index is 1510. The van der Waals surface area contributed by atoms with Crippen LogP contribution in [0.25, 0.3) is 11.1 Å². The Morgan fingerprint density at radius 1 is 0.744 bits per heavy atom. The van der Waals surface area contributed by atoms with Gasteiger partial charge >= 0.3 is 6.18 Å². The Hall–Kier alpha value is -4.46. The molecule has 202 valence electrons. The SMILES string of the molecule is CNc1cc(C(c2cc(C)c(O)c(NC(=O)c3ccc(-c4ccc(C)cc4)cc3)c2)C(F)(F)F)cc(C)c1O. The lowest BCUT2D eigenvalue weighted by atomic mass is 9.87. The monoisotopic (exact) mass is 534 g/mol. The number of carbonyl (C=O) groups is 1. The summed E-state index contributed by atoms with van der Waals surface area (Å²) in [6, 6.07) is 19.7. The van der Waals surface area contributed by atoms with E-state index in [1.165, 1.54) is 39.1 Å². The highest BCUT2D eigenvalue weighted by atomic mass is 19.4. The minimum absolute atomic E-state index is 0.0868. The van der Waals surface area contributed by atoms with Crippen LogP contribution in [0.5, 0.6) is 11.5 Å². The van der Waals surface area contributed by atoms with Crippen LogP contribution in [-0.2, 0) is 0 Å². The number of hydrogen-bond donors (Lipinski definition) is 4. The Morgan fingerprint density at radius 2 is 1.21 bits per heavy atom. The molecule has 0 fully saturated rings. The fourth-order valence-electron chi connectivity index (χ4n) is 4.56. The maximum absolute atomic E-state index is 14.4. The summed E-state index contributed by atoms with van der Waals surface area (Å²) in [6.07, 6.45) is -4.69. The van der Waals surface area contributed by atoms with Gasteiger partial charge in [-0.2, -0.15) is 13.2 Å². The van der Waals surface area contributed by atoms with Gasteiger partial charge in [0, 0.05) is 12.6 Å². The van der Waals surface area contributed by atoms with Crippen LogP contribution >= 0.6 is 0 Å². The largest absolute Gasteiger partial charge is 0.506 e. The summed E-state index contributed by atoms with van der Waals surface area (Å²) < 4.78 is 43.3. The lowest BCUT2D eigenvalue weighted by Crippen LogP contribution is -2.23. The van der Waals surface area contributed by atoms with E-state index in [0.717, 1.165) is 22.8 Å². The number of nitrogens with one attached hydrogen (secondary N) is 2. The fourth-order valence-corrected chi connectivity index (χ4v) is 4.56. The highest BCUT2D eigenvalue weighted by Gasteiger charge is 2.43. The van der Waals surface area contributed by atoms with Gasteiger partial charge in [0.25, 0.3) is 5.91 Å². The number of aromatic hydroxyl groups is 2. The molecule has 0 spiro atoms. The molecule has 0 bridgehead atoms. The number of benzene rings is 4. The van der Waals surface area contributed by atoms with Crippen molar-refractivity contribution in [1.29, 1.82) is 0 Å². The van der Waals surface area contributed by atoms with E-state index >= 15 is 0 Å². The molecule has 1 amide bonds. The van der Waals surface area contributed by atoms with Gasteiger partial charge < -0.3 is 20.8 Å². The van der Waals surface area contributed by atoms with E-state index in [-0.39, 0.29) is 50.7 Å². The van der Waals surface area contributed by atoms with E-state index in [9.17, 15) is 28.2 Å². The summed E-state index contributed by atoms with van der Waals surface area (Å²) in [4.78, 5) is 13.0. The van der Waals surface area contributed by atoms with Crippen molar-refractivity contribution in [2.75, 3.05) is 17.7 Å². The standard InChI is InChI=1S/C31H29F3N2O3/c1-17-5-7-20(8-6-17)21-9-11-22(12-10-21)30(39)36-26-16-24(14-19(3)29(26)38)27(31(32,33)34)23-13-18(2)28(37)25(15-23)35-4/h5-16,27,35,37-38H,1-4H3,(H,36,39). The molecule has 4 aromatic carbocycles. The van der Waals surface area contributed by atoms with Crippen molar-refractivity contribution in [2.45, 2.75) is 32.9 Å². The van der Waals surface area contributed by atoms with Crippen LogP contribution in [0.2, 0.25) is 0 Å². The third-order valence-electron chi connectivity index (χ3n) is 6.69. The first-order chi connectivity index (χ1) is 18.4. The number of anilines is 2. The number of amides is 1. The highest BCUT2D eigenvalue weighted by molar-refractivity contribution is 6.05. The molecule has 5 nitrogen and oxygen atoms in total. The molecule has 4 aromatic rings. The van der Waals surface area contributed by atoms with Crippen LogP contribution in [0, 0.1) is 20.8 Å². The van der Waals surface area contributed by atoms with E-state index in [1.807, 2.05) is 31.2 Å². The van der Waals surface area contributed by atoms with Crippen molar-refractivity contribution in [3.05, 3.63) is 106 Å². The van der Waals surface area contributed by atoms with Gasteiger partial charge in [0.05, 0.1) is 11.4 Å². The molecular formula is C31H29F3N2O3. The Kier molecular flexibility index (Phi) is 7.58. The fraction of sp³-hybridized carbons (Fsp3) is 0.194. The number of halogens is 3. The second kappa shape index (κ2) is 10.7. The summed E-state index contributed by atoms with van der Waals surface area (Å²) in [7, 11) is 1.51. The van der Waals surface area contributed by atoms with E-state index in [0.29, 0.717) is 0 Å². The minimum atomic E-state index is -4.69. The van der Waals surface area contributed by atoms with Crippen molar-refractivity contribution in [1.82, 2.24) is 0 Å². The van der Waals surface area contributed by atoms with Crippen molar-refractivity contribution in [3.8, 4) is 22.6 Å². The van der Waals surface area contributed by atoms with E-state index in [4.69, 9.17) is 0 Å². The van der Waals surface area contributed by atoms with Gasteiger partial charge in [-0.3, -0.25) is 4.79 Å². The maximum Gasteiger partial charge on any atom is 0.399 e. The molecule has 0 saturated carbocycles. The lowest BCUT2D eigenvalue weighted by molar-refractivity contribution is -0.141. The zero-order valence-electron chi connectivity index (χ0n) is 21.9. The number of aryl methyl sites for hydroxylation is 3. The first-order valence-corrected chi connectivity index (χ1v) is 12.3. The molecule has 0 heterocycles. The van der Waals surface area contributed by atoms with Crippen LogP contribution in [0.4, 0.5) is 24.5 Å². The van der Waals surface area contributed by atoms with Crippen LogP contribution in [0.3, 0.4) is 0 Å². The quantitative estimate of drug-likeness (QED) is 0.191. The number of rotatable bonds is 6. The van der Waals surface area contributed by atoms with Crippen LogP contribution < -0.4 is 10.6 Å². The summed E-state index contributed by atoms with van der Waals surface area (Å²) in [5, 5.41) is 26.1. The predicted octanol–water partition coefficient (Wildman–Crippen LogP) is 7.68. The second-order valence-electron chi connectivity index (χ2n) is 9.59. The first kappa shape index (κ1) is 27.6. The van der Waals surface area contributed by atoms with Gasteiger partial charge in [-0.15, -0.1) is 0 Å². The highest BCUT2D eigenvalue weighted by Crippen LogP contribution is 2.45. The summed E-state index contributed by atoms with van der Waals surface area (Å²) in [5.74, 6) is -3.08. The molecule has 39 heavy (non-hydrogen) atoms. The zero-order chi connectivity index (χ0) is 28.5. The summed E-state index contributed by atoms with van der Waals surface area (Å²) in [6.45, 7) is 4.98. The molecule has 4 N–H and O–H groups in total. The predicted molar refractivity (Wildman–Crippen MR) is 148 cm³/mol. The van der Waals surface area contributed by atoms with Gasteiger partial charge in [0.15, 0.2) is 0 Å². The maximum atomic E-state index is 14.4. The molecular weight excluding hydrogens is 505 g/mol. The molecule has 1 unspecified atom stereocenters. The normalized spacial score (nSPS) is 12.2. The van der Waals surface area contributed by atoms with E-state index in [2.05, 4.69) is 10.6 Å². The Morgan fingerprint density at radius 3 is 1.69 bits per heavy atom. The zero-order valence-corrected chi connectivity index (χ0v) is 21.9. The molecule has 0 aliphatic carbocycles. The molecule has 0 aliphatic heterocycles. The summed E-state index contributed by atoms with van der Waals surface area (Å²) in [5.41, 5.74) is 3.56. The van der Waals surface area contributed by atoms with Crippen molar-refractivity contribution in [3.63, 3.8) is 0 Å². The molecule has 0 aromatic heterocycles.